The minimum Gasteiger partial charge on any atom is -0.347 e. The number of aromatic nitrogens is 2. The maximum absolute atomic E-state index is 12.4. The molecule has 1 aromatic carbocycles. The number of carbonyl (C=O) groups is 2. The summed E-state index contributed by atoms with van der Waals surface area (Å²) in [6.45, 7) is 7.32. The summed E-state index contributed by atoms with van der Waals surface area (Å²) in [7, 11) is 0. The van der Waals surface area contributed by atoms with Crippen molar-refractivity contribution in [3.8, 4) is 0 Å². The van der Waals surface area contributed by atoms with Gasteiger partial charge in [0.1, 0.15) is 0 Å². The molecule has 9 heteroatoms. The smallest absolute Gasteiger partial charge is 0.325 e. The first kappa shape index (κ1) is 20.0. The summed E-state index contributed by atoms with van der Waals surface area (Å²) in [6.07, 6.45) is 1.24. The summed E-state index contributed by atoms with van der Waals surface area (Å²) in [6, 6.07) is 4.49. The Kier molecular flexibility index (Phi) is 5.84. The van der Waals surface area contributed by atoms with Crippen LogP contribution in [0.25, 0.3) is 0 Å². The SMILES string of the molecule is Cc1c(NC(=O)NCc2c[nH]c(=O)[nH]c2=O)cccc1C(=O)NC(C)(C)C. The molecule has 3 amide bonds. The fraction of sp³-hybridized carbons (Fsp3) is 0.333. The first-order valence-corrected chi connectivity index (χ1v) is 8.34. The number of hydrogen-bond acceptors (Lipinski definition) is 4. The first-order chi connectivity index (χ1) is 12.6. The summed E-state index contributed by atoms with van der Waals surface area (Å²) >= 11 is 0. The average Bonchev–Trinajstić information content (AvgIpc) is 2.54. The Hall–Kier alpha value is -3.36. The van der Waals surface area contributed by atoms with E-state index >= 15 is 0 Å². The molecule has 0 bridgehead atoms. The lowest BCUT2D eigenvalue weighted by atomic mass is 10.0. The highest BCUT2D eigenvalue weighted by atomic mass is 16.2. The maximum atomic E-state index is 12.4. The van der Waals surface area contributed by atoms with Gasteiger partial charge in [-0.2, -0.15) is 0 Å². The van der Waals surface area contributed by atoms with Crippen molar-refractivity contribution in [3.63, 3.8) is 0 Å². The van der Waals surface area contributed by atoms with Crippen molar-refractivity contribution in [2.75, 3.05) is 5.32 Å². The molecule has 1 heterocycles. The second-order valence-corrected chi connectivity index (χ2v) is 7.09. The van der Waals surface area contributed by atoms with Crippen LogP contribution < -0.4 is 27.2 Å². The Balaban J connectivity index is 2.07. The number of rotatable bonds is 4. The zero-order chi connectivity index (χ0) is 20.2. The monoisotopic (exact) mass is 373 g/mol. The van der Waals surface area contributed by atoms with Gasteiger partial charge in [-0.15, -0.1) is 0 Å². The zero-order valence-corrected chi connectivity index (χ0v) is 15.6. The number of aromatic amines is 2. The van der Waals surface area contributed by atoms with Crippen molar-refractivity contribution in [1.82, 2.24) is 20.6 Å². The molecule has 144 valence electrons. The predicted octanol–water partition coefficient (Wildman–Crippen LogP) is 1.22. The summed E-state index contributed by atoms with van der Waals surface area (Å²) in [5, 5.41) is 8.06. The van der Waals surface area contributed by atoms with Gasteiger partial charge in [-0.3, -0.25) is 14.6 Å². The molecule has 0 spiro atoms. The van der Waals surface area contributed by atoms with Crippen LogP contribution in [0.15, 0.2) is 34.0 Å². The number of anilines is 1. The van der Waals surface area contributed by atoms with E-state index in [1.165, 1.54) is 6.20 Å². The number of carbonyl (C=O) groups excluding carboxylic acids is 2. The van der Waals surface area contributed by atoms with Crippen LogP contribution >= 0.6 is 0 Å². The van der Waals surface area contributed by atoms with Gasteiger partial charge in [0.05, 0.1) is 12.1 Å². The van der Waals surface area contributed by atoms with Gasteiger partial charge in [0.15, 0.2) is 0 Å². The van der Waals surface area contributed by atoms with E-state index in [2.05, 4.69) is 25.9 Å². The number of urea groups is 1. The van der Waals surface area contributed by atoms with Gasteiger partial charge in [-0.05, 0) is 45.4 Å². The number of amides is 3. The fourth-order valence-corrected chi connectivity index (χ4v) is 2.34. The molecule has 0 saturated carbocycles. The Labute approximate surface area is 155 Å². The van der Waals surface area contributed by atoms with E-state index in [0.29, 0.717) is 16.8 Å². The van der Waals surface area contributed by atoms with Gasteiger partial charge >= 0.3 is 11.7 Å². The van der Waals surface area contributed by atoms with Gasteiger partial charge in [-0.1, -0.05) is 6.07 Å². The number of hydrogen-bond donors (Lipinski definition) is 5. The minimum atomic E-state index is -0.617. The molecule has 0 fully saturated rings. The van der Waals surface area contributed by atoms with Gasteiger partial charge < -0.3 is 20.9 Å². The first-order valence-electron chi connectivity index (χ1n) is 8.34. The highest BCUT2D eigenvalue weighted by Gasteiger charge is 2.18. The topological polar surface area (TPSA) is 136 Å². The van der Waals surface area contributed by atoms with Gasteiger partial charge in [0.2, 0.25) is 0 Å². The Morgan fingerprint density at radius 2 is 1.85 bits per heavy atom. The van der Waals surface area contributed by atoms with Crippen LogP contribution in [0.1, 0.15) is 42.3 Å². The number of nitrogens with one attached hydrogen (secondary N) is 5. The molecule has 5 N–H and O–H groups in total. The van der Waals surface area contributed by atoms with Crippen molar-refractivity contribution >= 4 is 17.6 Å². The number of benzene rings is 1. The summed E-state index contributed by atoms with van der Waals surface area (Å²) < 4.78 is 0. The minimum absolute atomic E-state index is 0.0683. The van der Waals surface area contributed by atoms with Crippen LogP contribution in [0.4, 0.5) is 10.5 Å². The molecule has 0 saturated heterocycles. The third-order valence-electron chi connectivity index (χ3n) is 3.65. The maximum Gasteiger partial charge on any atom is 0.325 e. The highest BCUT2D eigenvalue weighted by molar-refractivity contribution is 5.99. The molecule has 27 heavy (non-hydrogen) atoms. The predicted molar refractivity (Wildman–Crippen MR) is 102 cm³/mol. The molecular weight excluding hydrogens is 350 g/mol. The molecule has 0 unspecified atom stereocenters. The molecule has 0 aliphatic heterocycles. The highest BCUT2D eigenvalue weighted by Crippen LogP contribution is 2.19. The van der Waals surface area contributed by atoms with Crippen LogP contribution in [-0.4, -0.2) is 27.4 Å². The molecule has 0 atom stereocenters. The summed E-state index contributed by atoms with van der Waals surface area (Å²) in [5.74, 6) is -0.233. The summed E-state index contributed by atoms with van der Waals surface area (Å²) in [4.78, 5) is 51.5. The van der Waals surface area contributed by atoms with Gasteiger partial charge in [-0.25, -0.2) is 9.59 Å². The number of H-pyrrole nitrogens is 2. The fourth-order valence-electron chi connectivity index (χ4n) is 2.34. The lowest BCUT2D eigenvalue weighted by molar-refractivity contribution is 0.0919. The van der Waals surface area contributed by atoms with Crippen LogP contribution in [0.3, 0.4) is 0 Å². The van der Waals surface area contributed by atoms with E-state index in [1.807, 2.05) is 20.8 Å². The Bertz CT molecular complexity index is 969. The van der Waals surface area contributed by atoms with Crippen molar-refractivity contribution < 1.29 is 9.59 Å². The van der Waals surface area contributed by atoms with Crippen molar-refractivity contribution in [2.24, 2.45) is 0 Å². The van der Waals surface area contributed by atoms with E-state index < -0.39 is 17.3 Å². The lowest BCUT2D eigenvalue weighted by Gasteiger charge is -2.21. The average molecular weight is 373 g/mol. The Morgan fingerprint density at radius 3 is 2.48 bits per heavy atom. The molecular formula is C18H23N5O4. The molecule has 2 aromatic rings. The van der Waals surface area contributed by atoms with E-state index in [1.54, 1.807) is 25.1 Å². The largest absolute Gasteiger partial charge is 0.347 e. The van der Waals surface area contributed by atoms with Gasteiger partial charge in [0, 0.05) is 23.0 Å². The van der Waals surface area contributed by atoms with E-state index in [4.69, 9.17) is 0 Å². The van der Waals surface area contributed by atoms with Crippen LogP contribution in [0.2, 0.25) is 0 Å². The van der Waals surface area contributed by atoms with Crippen molar-refractivity contribution in [1.29, 1.82) is 0 Å². The molecule has 9 nitrogen and oxygen atoms in total. The third kappa shape index (κ3) is 5.56. The van der Waals surface area contributed by atoms with E-state index in [0.717, 1.165) is 0 Å². The van der Waals surface area contributed by atoms with Crippen LogP contribution in [0, 0.1) is 6.92 Å². The normalized spacial score (nSPS) is 11.0. The Morgan fingerprint density at radius 1 is 1.15 bits per heavy atom. The molecule has 0 aliphatic rings. The zero-order valence-electron chi connectivity index (χ0n) is 15.6. The second kappa shape index (κ2) is 7.90. The standard InChI is InChI=1S/C18H23N5O4/c1-10-12(15(25)23-18(2,3)4)6-5-7-13(10)21-16(26)19-8-11-9-20-17(27)22-14(11)24/h5-7,9H,8H2,1-4H3,(H,23,25)(H2,19,21,26)(H2,20,22,24,27). The van der Waals surface area contributed by atoms with Crippen LogP contribution in [-0.2, 0) is 6.54 Å². The van der Waals surface area contributed by atoms with Crippen molar-refractivity contribution in [2.45, 2.75) is 39.8 Å². The summed E-state index contributed by atoms with van der Waals surface area (Å²) in [5.41, 5.74) is 0.194. The van der Waals surface area contributed by atoms with Crippen LogP contribution in [0.5, 0.6) is 0 Å². The second-order valence-electron chi connectivity index (χ2n) is 7.09. The lowest BCUT2D eigenvalue weighted by Crippen LogP contribution is -2.41. The van der Waals surface area contributed by atoms with Crippen molar-refractivity contribution in [3.05, 3.63) is 61.9 Å². The van der Waals surface area contributed by atoms with Gasteiger partial charge in [0.25, 0.3) is 11.5 Å². The third-order valence-corrected chi connectivity index (χ3v) is 3.65. The molecule has 2 rings (SSSR count). The quantitative estimate of drug-likeness (QED) is 0.550. The van der Waals surface area contributed by atoms with E-state index in [9.17, 15) is 19.2 Å². The van der Waals surface area contributed by atoms with E-state index in [-0.39, 0.29) is 23.6 Å². The molecule has 1 aromatic heterocycles. The molecule has 0 aliphatic carbocycles. The molecule has 0 radical (unpaired) electrons.